The van der Waals surface area contributed by atoms with E-state index in [1.165, 1.54) is 6.42 Å². The van der Waals surface area contributed by atoms with E-state index in [9.17, 15) is 4.79 Å². The Morgan fingerprint density at radius 2 is 2.15 bits per heavy atom. The Labute approximate surface area is 156 Å². The second-order valence-corrected chi connectivity index (χ2v) is 8.31. The van der Waals surface area contributed by atoms with Crippen LogP contribution in [0.15, 0.2) is 24.3 Å². The number of nitrogens with zero attached hydrogens (tertiary/aromatic N) is 2. The van der Waals surface area contributed by atoms with E-state index < -0.39 is 0 Å². The molecule has 1 spiro atoms. The summed E-state index contributed by atoms with van der Waals surface area (Å²) in [6.07, 6.45) is 4.20. The minimum atomic E-state index is 0.193. The number of piperidine rings is 1. The summed E-state index contributed by atoms with van der Waals surface area (Å²) in [5.41, 5.74) is 1.34. The van der Waals surface area contributed by atoms with Gasteiger partial charge >= 0.3 is 0 Å². The van der Waals surface area contributed by atoms with Gasteiger partial charge in [0.15, 0.2) is 0 Å². The van der Waals surface area contributed by atoms with Crippen LogP contribution in [0.2, 0.25) is 0 Å². The molecule has 0 aromatic heterocycles. The first-order valence-corrected chi connectivity index (χ1v) is 9.87. The Balaban J connectivity index is 1.32. The predicted octanol–water partition coefficient (Wildman–Crippen LogP) is 2.55. The summed E-state index contributed by atoms with van der Waals surface area (Å²) in [4.78, 5) is 17.3. The van der Waals surface area contributed by atoms with Gasteiger partial charge in [-0.2, -0.15) is 0 Å². The lowest BCUT2D eigenvalue weighted by Gasteiger charge is -2.39. The predicted molar refractivity (Wildman–Crippen MR) is 100 cm³/mol. The van der Waals surface area contributed by atoms with E-state index in [1.807, 2.05) is 18.2 Å². The lowest BCUT2D eigenvalue weighted by atomic mass is 9.77. The fourth-order valence-corrected chi connectivity index (χ4v) is 4.75. The monoisotopic (exact) mass is 358 g/mol. The molecule has 3 heterocycles. The number of hydrogen-bond donors (Lipinski definition) is 0. The Morgan fingerprint density at radius 3 is 2.88 bits per heavy atom. The molecule has 3 fully saturated rings. The third-order valence-corrected chi connectivity index (χ3v) is 6.37. The minimum Gasteiger partial charge on any atom is -0.497 e. The zero-order chi connectivity index (χ0) is 18.0. The topological polar surface area (TPSA) is 42.0 Å². The summed E-state index contributed by atoms with van der Waals surface area (Å²) in [7, 11) is 1.68. The van der Waals surface area contributed by atoms with Crippen molar-refractivity contribution in [2.75, 3.05) is 46.5 Å². The lowest BCUT2D eigenvalue weighted by molar-refractivity contribution is -0.128. The summed E-state index contributed by atoms with van der Waals surface area (Å²) in [6, 6.07) is 8.05. The van der Waals surface area contributed by atoms with Crippen LogP contribution < -0.4 is 4.74 Å². The van der Waals surface area contributed by atoms with Crippen molar-refractivity contribution >= 4 is 5.91 Å². The highest BCUT2D eigenvalue weighted by Crippen LogP contribution is 2.41. The molecule has 1 amide bonds. The SMILES string of the molecule is COc1cccc(CN2CC3(CCN(C[C@@H]4CCOC4)CC3)CC2=O)c1. The molecule has 0 bridgehead atoms. The molecule has 3 aliphatic rings. The number of carbonyl (C=O) groups excluding carboxylic acids is 1. The maximum absolute atomic E-state index is 12.6. The highest BCUT2D eigenvalue weighted by molar-refractivity contribution is 5.79. The first-order chi connectivity index (χ1) is 12.7. The van der Waals surface area contributed by atoms with Crippen molar-refractivity contribution in [3.8, 4) is 5.75 Å². The number of carbonyl (C=O) groups is 1. The molecule has 0 saturated carbocycles. The average Bonchev–Trinajstić information content (AvgIpc) is 3.26. The molecule has 0 unspecified atom stereocenters. The molecule has 0 N–H and O–H groups in total. The average molecular weight is 358 g/mol. The van der Waals surface area contributed by atoms with E-state index in [-0.39, 0.29) is 5.41 Å². The molecule has 5 nitrogen and oxygen atoms in total. The van der Waals surface area contributed by atoms with Gasteiger partial charge in [0.25, 0.3) is 0 Å². The molecule has 142 valence electrons. The molecule has 0 radical (unpaired) electrons. The molecular weight excluding hydrogens is 328 g/mol. The first-order valence-electron chi connectivity index (χ1n) is 9.87. The smallest absolute Gasteiger partial charge is 0.223 e. The van der Waals surface area contributed by atoms with Crippen LogP contribution in [0.5, 0.6) is 5.75 Å². The number of benzene rings is 1. The van der Waals surface area contributed by atoms with Gasteiger partial charge in [-0.25, -0.2) is 0 Å². The zero-order valence-electron chi connectivity index (χ0n) is 15.8. The van der Waals surface area contributed by atoms with Crippen molar-refractivity contribution < 1.29 is 14.3 Å². The van der Waals surface area contributed by atoms with Crippen LogP contribution in [0.4, 0.5) is 0 Å². The van der Waals surface area contributed by atoms with Crippen LogP contribution in [-0.4, -0.2) is 62.2 Å². The van der Waals surface area contributed by atoms with Gasteiger partial charge in [0.05, 0.1) is 13.7 Å². The summed E-state index contributed by atoms with van der Waals surface area (Å²) in [5, 5.41) is 0. The number of likely N-dealkylation sites (tertiary alicyclic amines) is 2. The third kappa shape index (κ3) is 3.89. The number of amides is 1. The molecule has 3 aliphatic heterocycles. The van der Waals surface area contributed by atoms with Crippen molar-refractivity contribution in [2.45, 2.75) is 32.2 Å². The second-order valence-electron chi connectivity index (χ2n) is 8.31. The van der Waals surface area contributed by atoms with Crippen LogP contribution in [-0.2, 0) is 16.1 Å². The molecule has 26 heavy (non-hydrogen) atoms. The maximum Gasteiger partial charge on any atom is 0.223 e. The summed E-state index contributed by atoms with van der Waals surface area (Å²) >= 11 is 0. The zero-order valence-corrected chi connectivity index (χ0v) is 15.8. The Kier molecular flexibility index (Phi) is 5.18. The first kappa shape index (κ1) is 17.8. The fraction of sp³-hybridized carbons (Fsp3) is 0.667. The second kappa shape index (κ2) is 7.57. The fourth-order valence-electron chi connectivity index (χ4n) is 4.75. The number of methoxy groups -OCH3 is 1. The molecule has 5 heteroatoms. The molecule has 0 aliphatic carbocycles. The van der Waals surface area contributed by atoms with Gasteiger partial charge in [0.2, 0.25) is 5.91 Å². The van der Waals surface area contributed by atoms with Gasteiger partial charge in [0, 0.05) is 32.7 Å². The third-order valence-electron chi connectivity index (χ3n) is 6.37. The summed E-state index contributed by atoms with van der Waals surface area (Å²) < 4.78 is 10.8. The van der Waals surface area contributed by atoms with Crippen molar-refractivity contribution in [1.29, 1.82) is 0 Å². The van der Waals surface area contributed by atoms with E-state index in [0.717, 1.165) is 70.0 Å². The molecule has 1 aromatic rings. The lowest BCUT2D eigenvalue weighted by Crippen LogP contribution is -2.43. The van der Waals surface area contributed by atoms with E-state index >= 15 is 0 Å². The number of ether oxygens (including phenoxy) is 2. The molecule has 4 rings (SSSR count). The van der Waals surface area contributed by atoms with E-state index in [4.69, 9.17) is 9.47 Å². The Morgan fingerprint density at radius 1 is 1.31 bits per heavy atom. The van der Waals surface area contributed by atoms with Gasteiger partial charge in [-0.1, -0.05) is 12.1 Å². The van der Waals surface area contributed by atoms with Crippen LogP contribution in [0, 0.1) is 11.3 Å². The number of rotatable bonds is 5. The van der Waals surface area contributed by atoms with E-state index in [1.54, 1.807) is 7.11 Å². The van der Waals surface area contributed by atoms with E-state index in [0.29, 0.717) is 18.4 Å². The molecule has 1 aromatic carbocycles. The summed E-state index contributed by atoms with van der Waals surface area (Å²) in [6.45, 7) is 6.86. The van der Waals surface area contributed by atoms with Crippen molar-refractivity contribution in [1.82, 2.24) is 9.80 Å². The highest BCUT2D eigenvalue weighted by atomic mass is 16.5. The Bertz CT molecular complexity index is 634. The van der Waals surface area contributed by atoms with Gasteiger partial charge in [-0.15, -0.1) is 0 Å². The normalized spacial score (nSPS) is 26.0. The number of hydrogen-bond acceptors (Lipinski definition) is 4. The van der Waals surface area contributed by atoms with Crippen LogP contribution in [0.1, 0.15) is 31.2 Å². The van der Waals surface area contributed by atoms with Crippen molar-refractivity contribution in [3.05, 3.63) is 29.8 Å². The molecular formula is C21H30N2O3. The molecule has 3 saturated heterocycles. The maximum atomic E-state index is 12.6. The highest BCUT2D eigenvalue weighted by Gasteiger charge is 2.44. The van der Waals surface area contributed by atoms with Crippen LogP contribution in [0.3, 0.4) is 0 Å². The van der Waals surface area contributed by atoms with Gasteiger partial charge < -0.3 is 19.3 Å². The van der Waals surface area contributed by atoms with E-state index in [2.05, 4.69) is 15.9 Å². The van der Waals surface area contributed by atoms with Crippen molar-refractivity contribution in [3.63, 3.8) is 0 Å². The quantitative estimate of drug-likeness (QED) is 0.811. The van der Waals surface area contributed by atoms with Gasteiger partial charge in [0.1, 0.15) is 5.75 Å². The standard InChI is InChI=1S/C21H30N2O3/c1-25-19-4-2-3-17(11-19)14-23-16-21(12-20(23)24)6-8-22(9-7-21)13-18-5-10-26-15-18/h2-4,11,18H,5-10,12-16H2,1H3/t18-/m0/s1. The Hall–Kier alpha value is -1.59. The van der Waals surface area contributed by atoms with Gasteiger partial charge in [-0.05, 0) is 61.4 Å². The van der Waals surface area contributed by atoms with Crippen LogP contribution >= 0.6 is 0 Å². The molecule has 1 atom stereocenters. The van der Waals surface area contributed by atoms with Crippen LogP contribution in [0.25, 0.3) is 0 Å². The largest absolute Gasteiger partial charge is 0.497 e. The minimum absolute atomic E-state index is 0.193. The van der Waals surface area contributed by atoms with Gasteiger partial charge in [-0.3, -0.25) is 4.79 Å². The summed E-state index contributed by atoms with van der Waals surface area (Å²) in [5.74, 6) is 1.87. The van der Waals surface area contributed by atoms with Crippen molar-refractivity contribution in [2.24, 2.45) is 11.3 Å².